The Morgan fingerprint density at radius 1 is 1.16 bits per heavy atom. The minimum absolute atomic E-state index is 0.102. The van der Waals surface area contributed by atoms with Gasteiger partial charge in [-0.05, 0) is 30.2 Å². The highest BCUT2D eigenvalue weighted by Crippen LogP contribution is 2.36. The quantitative estimate of drug-likeness (QED) is 0.792. The number of carbonyl (C=O) groups excluding carboxylic acids is 1. The molecule has 2 aromatic carbocycles. The van der Waals surface area contributed by atoms with Gasteiger partial charge in [0.25, 0.3) is 0 Å². The van der Waals surface area contributed by atoms with Crippen LogP contribution in [-0.4, -0.2) is 10.9 Å². The van der Waals surface area contributed by atoms with E-state index in [-0.39, 0.29) is 17.3 Å². The Balaban J connectivity index is 2.05. The first kappa shape index (κ1) is 11.5. The number of aryl methyl sites for hydroxylation is 1. The third-order valence-electron chi connectivity index (χ3n) is 3.05. The van der Waals surface area contributed by atoms with Crippen molar-refractivity contribution in [3.05, 3.63) is 64.9 Å². The molecule has 1 heterocycles. The average molecular weight is 252 g/mol. The Hall–Kier alpha value is -2.55. The Morgan fingerprint density at radius 3 is 2.63 bits per heavy atom. The molecule has 1 aliphatic rings. The zero-order valence-electron chi connectivity index (χ0n) is 10.4. The predicted molar refractivity (Wildman–Crippen MR) is 72.2 cm³/mol. The van der Waals surface area contributed by atoms with Crippen molar-refractivity contribution in [3.63, 3.8) is 0 Å². The van der Waals surface area contributed by atoms with Crippen molar-refractivity contribution in [2.24, 2.45) is 0 Å². The summed E-state index contributed by atoms with van der Waals surface area (Å²) in [5, 5.41) is 9.53. The minimum Gasteiger partial charge on any atom is -0.508 e. The van der Waals surface area contributed by atoms with E-state index < -0.39 is 0 Å². The molecule has 0 amide bonds. The van der Waals surface area contributed by atoms with Gasteiger partial charge in [-0.25, -0.2) is 0 Å². The van der Waals surface area contributed by atoms with Gasteiger partial charge >= 0.3 is 0 Å². The van der Waals surface area contributed by atoms with Gasteiger partial charge in [0.05, 0.1) is 5.56 Å². The van der Waals surface area contributed by atoms with Gasteiger partial charge < -0.3 is 9.84 Å². The minimum atomic E-state index is -0.142. The first-order valence-electron chi connectivity index (χ1n) is 5.98. The molecule has 0 atom stereocenters. The molecule has 3 heteroatoms. The van der Waals surface area contributed by atoms with Crippen molar-refractivity contribution >= 4 is 11.9 Å². The lowest BCUT2D eigenvalue weighted by Gasteiger charge is -2.00. The Morgan fingerprint density at radius 2 is 1.89 bits per heavy atom. The lowest BCUT2D eigenvalue weighted by atomic mass is 10.0. The van der Waals surface area contributed by atoms with Crippen LogP contribution in [0.3, 0.4) is 0 Å². The van der Waals surface area contributed by atoms with Crippen LogP contribution < -0.4 is 4.74 Å². The van der Waals surface area contributed by atoms with Crippen LogP contribution in [0.2, 0.25) is 0 Å². The lowest BCUT2D eigenvalue weighted by molar-refractivity contribution is 0.101. The van der Waals surface area contributed by atoms with E-state index >= 15 is 0 Å². The van der Waals surface area contributed by atoms with Gasteiger partial charge in [-0.2, -0.15) is 0 Å². The maximum absolute atomic E-state index is 12.3. The fourth-order valence-electron chi connectivity index (χ4n) is 2.19. The van der Waals surface area contributed by atoms with Crippen molar-refractivity contribution in [1.29, 1.82) is 0 Å². The van der Waals surface area contributed by atoms with E-state index in [1.165, 1.54) is 6.07 Å². The molecule has 0 radical (unpaired) electrons. The number of hydrogen-bond acceptors (Lipinski definition) is 3. The van der Waals surface area contributed by atoms with Gasteiger partial charge in [-0.15, -0.1) is 0 Å². The van der Waals surface area contributed by atoms with Crippen LogP contribution in [0.25, 0.3) is 6.08 Å². The van der Waals surface area contributed by atoms with Gasteiger partial charge in [-0.1, -0.05) is 30.3 Å². The van der Waals surface area contributed by atoms with Gasteiger partial charge in [-0.3, -0.25) is 4.79 Å². The van der Waals surface area contributed by atoms with Gasteiger partial charge in [0, 0.05) is 6.07 Å². The summed E-state index contributed by atoms with van der Waals surface area (Å²) in [5.74, 6) is 0.668. The number of allylic oxidation sites excluding steroid dienone is 1. The predicted octanol–water partition coefficient (Wildman–Crippen LogP) is 3.32. The number of fused-ring (bicyclic) bond motifs is 1. The van der Waals surface area contributed by atoms with E-state index in [1.54, 1.807) is 19.1 Å². The second-order valence-corrected chi connectivity index (χ2v) is 4.49. The van der Waals surface area contributed by atoms with Crippen molar-refractivity contribution in [1.82, 2.24) is 0 Å². The smallest absolute Gasteiger partial charge is 0.232 e. The second kappa shape index (κ2) is 4.28. The largest absolute Gasteiger partial charge is 0.508 e. The standard InChI is InChI=1S/C16H12O3/c1-10-7-12(17)9-13-15(10)16(18)14(19-13)8-11-5-3-2-4-6-11/h2-9,17H,1H3/b14-8-. The molecule has 94 valence electrons. The summed E-state index contributed by atoms with van der Waals surface area (Å²) in [4.78, 5) is 12.3. The summed E-state index contributed by atoms with van der Waals surface area (Å²) in [5.41, 5.74) is 2.15. The highest BCUT2D eigenvalue weighted by atomic mass is 16.5. The highest BCUT2D eigenvalue weighted by molar-refractivity contribution is 6.15. The van der Waals surface area contributed by atoms with E-state index in [2.05, 4.69) is 0 Å². The molecule has 0 saturated carbocycles. The van der Waals surface area contributed by atoms with Crippen LogP contribution in [0.15, 0.2) is 48.2 Å². The normalized spacial score (nSPS) is 15.4. The van der Waals surface area contributed by atoms with Crippen LogP contribution >= 0.6 is 0 Å². The second-order valence-electron chi connectivity index (χ2n) is 4.49. The molecule has 0 spiro atoms. The summed E-state index contributed by atoms with van der Waals surface area (Å²) < 4.78 is 5.54. The molecule has 0 unspecified atom stereocenters. The molecule has 2 aromatic rings. The fourth-order valence-corrected chi connectivity index (χ4v) is 2.19. The Labute approximate surface area is 110 Å². The molecular formula is C16H12O3. The van der Waals surface area contributed by atoms with Crippen molar-refractivity contribution < 1.29 is 14.6 Å². The van der Waals surface area contributed by atoms with E-state index in [4.69, 9.17) is 4.74 Å². The first-order valence-corrected chi connectivity index (χ1v) is 5.98. The lowest BCUT2D eigenvalue weighted by Crippen LogP contribution is -1.99. The first-order chi connectivity index (χ1) is 9.15. The van der Waals surface area contributed by atoms with Crippen LogP contribution in [0.5, 0.6) is 11.5 Å². The maximum atomic E-state index is 12.3. The number of carbonyl (C=O) groups is 1. The van der Waals surface area contributed by atoms with Crippen LogP contribution in [-0.2, 0) is 0 Å². The molecular weight excluding hydrogens is 240 g/mol. The average Bonchev–Trinajstić information content (AvgIpc) is 2.67. The number of aromatic hydroxyl groups is 1. The van der Waals surface area contributed by atoms with Crippen molar-refractivity contribution in [2.75, 3.05) is 0 Å². The molecule has 1 N–H and O–H groups in total. The summed E-state index contributed by atoms with van der Waals surface area (Å²) in [6, 6.07) is 12.5. The topological polar surface area (TPSA) is 46.5 Å². The maximum Gasteiger partial charge on any atom is 0.232 e. The summed E-state index contributed by atoms with van der Waals surface area (Å²) in [6.07, 6.45) is 1.71. The highest BCUT2D eigenvalue weighted by Gasteiger charge is 2.29. The van der Waals surface area contributed by atoms with Crippen LogP contribution in [0.4, 0.5) is 0 Å². The SMILES string of the molecule is Cc1cc(O)cc2c1C(=O)/C(=C/c1ccccc1)O2. The van der Waals surface area contributed by atoms with E-state index in [0.29, 0.717) is 11.3 Å². The number of phenols is 1. The fraction of sp³-hybridized carbons (Fsp3) is 0.0625. The van der Waals surface area contributed by atoms with Gasteiger partial charge in [0.2, 0.25) is 5.78 Å². The molecule has 0 aliphatic carbocycles. The summed E-state index contributed by atoms with van der Waals surface area (Å²) >= 11 is 0. The Bertz CT molecular complexity index is 685. The molecule has 1 aliphatic heterocycles. The summed E-state index contributed by atoms with van der Waals surface area (Å²) in [7, 11) is 0. The van der Waals surface area contributed by atoms with Gasteiger partial charge in [0.1, 0.15) is 11.5 Å². The zero-order valence-corrected chi connectivity index (χ0v) is 10.4. The van der Waals surface area contributed by atoms with Crippen LogP contribution in [0, 0.1) is 6.92 Å². The zero-order chi connectivity index (χ0) is 13.4. The molecule has 0 saturated heterocycles. The van der Waals surface area contributed by atoms with Gasteiger partial charge in [0.15, 0.2) is 5.76 Å². The number of benzene rings is 2. The summed E-state index contributed by atoms with van der Waals surface area (Å²) in [6.45, 7) is 1.78. The Kier molecular flexibility index (Phi) is 2.60. The molecule has 0 fully saturated rings. The van der Waals surface area contributed by atoms with E-state index in [9.17, 15) is 9.90 Å². The van der Waals surface area contributed by atoms with Crippen molar-refractivity contribution in [3.8, 4) is 11.5 Å². The van der Waals surface area contributed by atoms with E-state index in [1.807, 2.05) is 30.3 Å². The number of phenolic OH excluding ortho intramolecular Hbond substituents is 1. The van der Waals surface area contributed by atoms with Crippen LogP contribution in [0.1, 0.15) is 21.5 Å². The molecule has 0 aromatic heterocycles. The molecule has 19 heavy (non-hydrogen) atoms. The van der Waals surface area contributed by atoms with Crippen molar-refractivity contribution in [2.45, 2.75) is 6.92 Å². The molecule has 3 nitrogen and oxygen atoms in total. The number of ketones is 1. The number of Topliss-reactive ketones (excluding diaryl/α,β-unsaturated/α-hetero) is 1. The third kappa shape index (κ3) is 1.99. The van der Waals surface area contributed by atoms with E-state index in [0.717, 1.165) is 11.1 Å². The molecule has 3 rings (SSSR count). The molecule has 0 bridgehead atoms. The monoisotopic (exact) mass is 252 g/mol. The number of rotatable bonds is 1. The third-order valence-corrected chi connectivity index (χ3v) is 3.05. The number of hydrogen-bond donors (Lipinski definition) is 1. The number of ether oxygens (including phenoxy) is 1.